The maximum Gasteiger partial charge on any atom is 0.335 e. The number of nitrogens with one attached hydrogen (secondary N) is 1. The quantitative estimate of drug-likeness (QED) is 0.658. The standard InChI is InChI=1S/C16H28N2O4/c1-11(2)7-8-21-13(5)15(20)22-9-14(19)18-16(6,10-17)12(3)4/h11-13H,7-9H2,1-6H3,(H,18,19). The smallest absolute Gasteiger partial charge is 0.335 e. The molecular formula is C16H28N2O4. The molecule has 0 radical (unpaired) electrons. The van der Waals surface area contributed by atoms with Crippen molar-refractivity contribution in [3.63, 3.8) is 0 Å². The largest absolute Gasteiger partial charge is 0.454 e. The minimum atomic E-state index is -0.983. The maximum atomic E-state index is 11.8. The zero-order valence-corrected chi connectivity index (χ0v) is 14.4. The van der Waals surface area contributed by atoms with Crippen molar-refractivity contribution in [2.45, 2.75) is 59.6 Å². The van der Waals surface area contributed by atoms with Gasteiger partial charge >= 0.3 is 5.97 Å². The second kappa shape index (κ2) is 9.42. The van der Waals surface area contributed by atoms with Crippen LogP contribution in [0, 0.1) is 23.2 Å². The first kappa shape index (κ1) is 20.4. The van der Waals surface area contributed by atoms with E-state index in [0.717, 1.165) is 6.42 Å². The van der Waals surface area contributed by atoms with Gasteiger partial charge in [-0.1, -0.05) is 27.7 Å². The van der Waals surface area contributed by atoms with Gasteiger partial charge in [-0.3, -0.25) is 4.79 Å². The Morgan fingerprint density at radius 2 is 1.82 bits per heavy atom. The molecule has 0 heterocycles. The summed E-state index contributed by atoms with van der Waals surface area (Å²) in [6.45, 7) is 11.1. The SMILES string of the molecule is CC(C)CCOC(C)C(=O)OCC(=O)NC(C)(C#N)C(C)C. The van der Waals surface area contributed by atoms with E-state index < -0.39 is 30.1 Å². The molecule has 6 nitrogen and oxygen atoms in total. The van der Waals surface area contributed by atoms with Crippen molar-refractivity contribution in [1.29, 1.82) is 5.26 Å². The van der Waals surface area contributed by atoms with Gasteiger partial charge in [0.15, 0.2) is 12.7 Å². The molecular weight excluding hydrogens is 284 g/mol. The summed E-state index contributed by atoms with van der Waals surface area (Å²) >= 11 is 0. The number of carbonyl (C=O) groups is 2. The number of nitrogens with zero attached hydrogens (tertiary/aromatic N) is 1. The molecule has 0 spiro atoms. The average molecular weight is 312 g/mol. The molecule has 0 aromatic heterocycles. The van der Waals surface area contributed by atoms with Gasteiger partial charge in [0.25, 0.3) is 5.91 Å². The van der Waals surface area contributed by atoms with E-state index in [4.69, 9.17) is 14.7 Å². The number of amides is 1. The summed E-state index contributed by atoms with van der Waals surface area (Å²) in [5, 5.41) is 11.7. The Morgan fingerprint density at radius 1 is 1.23 bits per heavy atom. The second-order valence-electron chi connectivity index (χ2n) is 6.32. The lowest BCUT2D eigenvalue weighted by atomic mass is 9.90. The van der Waals surface area contributed by atoms with Crippen LogP contribution in [0.1, 0.15) is 48.0 Å². The molecule has 0 saturated heterocycles. The van der Waals surface area contributed by atoms with E-state index in [9.17, 15) is 9.59 Å². The first-order valence-electron chi connectivity index (χ1n) is 7.62. The van der Waals surface area contributed by atoms with Gasteiger partial charge in [0, 0.05) is 6.61 Å². The van der Waals surface area contributed by atoms with Crippen LogP contribution in [0.15, 0.2) is 0 Å². The summed E-state index contributed by atoms with van der Waals surface area (Å²) in [6, 6.07) is 2.06. The summed E-state index contributed by atoms with van der Waals surface area (Å²) in [7, 11) is 0. The average Bonchev–Trinajstić information content (AvgIpc) is 2.43. The minimum absolute atomic E-state index is 0.0598. The Hall–Kier alpha value is -1.61. The number of rotatable bonds is 9. The number of esters is 1. The van der Waals surface area contributed by atoms with E-state index in [-0.39, 0.29) is 5.92 Å². The molecule has 1 N–H and O–H groups in total. The van der Waals surface area contributed by atoms with E-state index in [0.29, 0.717) is 12.5 Å². The van der Waals surface area contributed by atoms with Crippen LogP contribution in [-0.2, 0) is 19.1 Å². The van der Waals surface area contributed by atoms with Crippen molar-refractivity contribution >= 4 is 11.9 Å². The van der Waals surface area contributed by atoms with Gasteiger partial charge in [-0.15, -0.1) is 0 Å². The van der Waals surface area contributed by atoms with Crippen LogP contribution in [-0.4, -0.2) is 36.7 Å². The van der Waals surface area contributed by atoms with Crippen LogP contribution in [0.25, 0.3) is 0 Å². The highest BCUT2D eigenvalue weighted by Gasteiger charge is 2.30. The predicted molar refractivity (Wildman–Crippen MR) is 82.8 cm³/mol. The number of ether oxygens (including phenoxy) is 2. The number of hydrogen-bond donors (Lipinski definition) is 1. The minimum Gasteiger partial charge on any atom is -0.454 e. The van der Waals surface area contributed by atoms with Crippen molar-refractivity contribution < 1.29 is 19.1 Å². The first-order chi connectivity index (χ1) is 10.1. The Bertz CT molecular complexity index is 415. The second-order valence-corrected chi connectivity index (χ2v) is 6.32. The fourth-order valence-corrected chi connectivity index (χ4v) is 1.43. The van der Waals surface area contributed by atoms with Gasteiger partial charge in [0.2, 0.25) is 0 Å². The van der Waals surface area contributed by atoms with Crippen LogP contribution in [0.4, 0.5) is 0 Å². The summed E-state index contributed by atoms with van der Waals surface area (Å²) in [5.41, 5.74) is -0.983. The van der Waals surface area contributed by atoms with E-state index in [1.807, 2.05) is 13.8 Å². The summed E-state index contributed by atoms with van der Waals surface area (Å²) < 4.78 is 10.3. The highest BCUT2D eigenvalue weighted by molar-refractivity contribution is 5.82. The lowest BCUT2D eigenvalue weighted by Crippen LogP contribution is -2.50. The van der Waals surface area contributed by atoms with Crippen molar-refractivity contribution in [1.82, 2.24) is 5.32 Å². The van der Waals surface area contributed by atoms with Crippen LogP contribution >= 0.6 is 0 Å². The van der Waals surface area contributed by atoms with Crippen molar-refractivity contribution in [2.75, 3.05) is 13.2 Å². The van der Waals surface area contributed by atoms with Crippen LogP contribution < -0.4 is 5.32 Å². The maximum absolute atomic E-state index is 11.8. The zero-order valence-electron chi connectivity index (χ0n) is 14.4. The van der Waals surface area contributed by atoms with Gasteiger partial charge < -0.3 is 14.8 Å². The fourth-order valence-electron chi connectivity index (χ4n) is 1.43. The van der Waals surface area contributed by atoms with Gasteiger partial charge in [-0.2, -0.15) is 5.26 Å². The Labute approximate surface area is 133 Å². The zero-order chi connectivity index (χ0) is 17.3. The highest BCUT2D eigenvalue weighted by Crippen LogP contribution is 2.14. The third-order valence-electron chi connectivity index (χ3n) is 3.53. The molecule has 126 valence electrons. The summed E-state index contributed by atoms with van der Waals surface area (Å²) in [5.74, 6) is -0.647. The third-order valence-corrected chi connectivity index (χ3v) is 3.53. The molecule has 0 aromatic carbocycles. The number of carbonyl (C=O) groups excluding carboxylic acids is 2. The van der Waals surface area contributed by atoms with E-state index in [1.165, 1.54) is 0 Å². The Balaban J connectivity index is 4.19. The predicted octanol–water partition coefficient (Wildman–Crippen LogP) is 2.04. The molecule has 0 aliphatic carbocycles. The van der Waals surface area contributed by atoms with Gasteiger partial charge in [-0.25, -0.2) is 4.79 Å². The molecule has 1 amide bonds. The van der Waals surface area contributed by atoms with Gasteiger partial charge in [-0.05, 0) is 32.1 Å². The molecule has 0 aromatic rings. The number of nitriles is 1. The summed E-state index contributed by atoms with van der Waals surface area (Å²) in [6.07, 6.45) is 0.145. The fraction of sp³-hybridized carbons (Fsp3) is 0.812. The van der Waals surface area contributed by atoms with E-state index in [2.05, 4.69) is 25.2 Å². The molecule has 2 atom stereocenters. The third kappa shape index (κ3) is 7.41. The van der Waals surface area contributed by atoms with Crippen molar-refractivity contribution in [2.24, 2.45) is 11.8 Å². The Kier molecular flexibility index (Phi) is 8.73. The molecule has 0 fully saturated rings. The molecule has 0 rings (SSSR count). The van der Waals surface area contributed by atoms with Crippen molar-refractivity contribution in [3.05, 3.63) is 0 Å². The molecule has 0 aliphatic heterocycles. The molecule has 0 aliphatic rings. The van der Waals surface area contributed by atoms with Crippen LogP contribution in [0.3, 0.4) is 0 Å². The lowest BCUT2D eigenvalue weighted by molar-refractivity contribution is -0.159. The molecule has 0 saturated carbocycles. The van der Waals surface area contributed by atoms with Crippen LogP contribution in [0.2, 0.25) is 0 Å². The monoisotopic (exact) mass is 312 g/mol. The summed E-state index contributed by atoms with van der Waals surface area (Å²) in [4.78, 5) is 23.5. The molecule has 6 heteroatoms. The lowest BCUT2D eigenvalue weighted by Gasteiger charge is -2.27. The molecule has 0 bridgehead atoms. The molecule has 22 heavy (non-hydrogen) atoms. The number of hydrogen-bond acceptors (Lipinski definition) is 5. The highest BCUT2D eigenvalue weighted by atomic mass is 16.6. The molecule has 2 unspecified atom stereocenters. The van der Waals surface area contributed by atoms with Crippen LogP contribution in [0.5, 0.6) is 0 Å². The van der Waals surface area contributed by atoms with E-state index in [1.54, 1.807) is 13.8 Å². The topological polar surface area (TPSA) is 88.4 Å². The van der Waals surface area contributed by atoms with Gasteiger partial charge in [0.05, 0.1) is 6.07 Å². The normalized spacial score (nSPS) is 15.0. The van der Waals surface area contributed by atoms with Gasteiger partial charge in [0.1, 0.15) is 5.54 Å². The Morgan fingerprint density at radius 3 is 2.27 bits per heavy atom. The first-order valence-corrected chi connectivity index (χ1v) is 7.62. The van der Waals surface area contributed by atoms with E-state index >= 15 is 0 Å². The van der Waals surface area contributed by atoms with Crippen molar-refractivity contribution in [3.8, 4) is 6.07 Å².